The van der Waals surface area contributed by atoms with E-state index in [1.54, 1.807) is 24.5 Å². The van der Waals surface area contributed by atoms with Crippen molar-refractivity contribution in [2.45, 2.75) is 5.92 Å². The largest absolute Gasteiger partial charge is 0.458 e. The quantitative estimate of drug-likeness (QED) is 0.647. The van der Waals surface area contributed by atoms with Gasteiger partial charge in [0.25, 0.3) is 0 Å². The minimum atomic E-state index is -0.364. The Morgan fingerprint density at radius 3 is 2.95 bits per heavy atom. The number of hydrogen-bond acceptors (Lipinski definition) is 3. The maximum atomic E-state index is 11.8. The smallest absolute Gasteiger partial charge is 0.338 e. The van der Waals surface area contributed by atoms with Gasteiger partial charge in [-0.1, -0.05) is 30.9 Å². The van der Waals surface area contributed by atoms with Gasteiger partial charge in [-0.3, -0.25) is 0 Å². The highest BCUT2D eigenvalue weighted by Gasteiger charge is 2.15. The number of hydrogen-bond donors (Lipinski definition) is 1. The molecule has 102 valence electrons. The average Bonchev–Trinajstić information content (AvgIpc) is 3.00. The zero-order valence-electron chi connectivity index (χ0n) is 11.1. The van der Waals surface area contributed by atoms with Gasteiger partial charge in [-0.2, -0.15) is 0 Å². The molecule has 1 unspecified atom stereocenters. The molecular formula is C16H16N2O2. The zero-order valence-corrected chi connectivity index (χ0v) is 11.1. The predicted octanol–water partition coefficient (Wildman–Crippen LogP) is 3.07. The molecule has 2 rings (SSSR count). The molecule has 1 aromatic carbocycles. The van der Waals surface area contributed by atoms with Gasteiger partial charge in [-0.05, 0) is 17.7 Å². The van der Waals surface area contributed by atoms with E-state index in [1.165, 1.54) is 6.08 Å². The summed E-state index contributed by atoms with van der Waals surface area (Å²) in [5, 5.41) is 0. The van der Waals surface area contributed by atoms with Crippen LogP contribution in [0.25, 0.3) is 0 Å². The van der Waals surface area contributed by atoms with Crippen LogP contribution in [0, 0.1) is 0 Å². The van der Waals surface area contributed by atoms with Crippen molar-refractivity contribution < 1.29 is 9.53 Å². The zero-order chi connectivity index (χ0) is 14.4. The van der Waals surface area contributed by atoms with E-state index < -0.39 is 0 Å². The monoisotopic (exact) mass is 268 g/mol. The molecule has 1 atom stereocenters. The Labute approximate surface area is 117 Å². The first-order valence-corrected chi connectivity index (χ1v) is 6.25. The van der Waals surface area contributed by atoms with Gasteiger partial charge in [-0.15, -0.1) is 6.58 Å². The van der Waals surface area contributed by atoms with Crippen molar-refractivity contribution in [1.29, 1.82) is 0 Å². The fourth-order valence-corrected chi connectivity index (χ4v) is 1.95. The molecule has 4 heteroatoms. The lowest BCUT2D eigenvalue weighted by Gasteiger charge is -2.11. The number of nitrogens with zero attached hydrogens (tertiary/aromatic N) is 1. The van der Waals surface area contributed by atoms with Gasteiger partial charge in [0.1, 0.15) is 6.61 Å². The summed E-state index contributed by atoms with van der Waals surface area (Å²) in [7, 11) is 0. The average molecular weight is 268 g/mol. The van der Waals surface area contributed by atoms with Gasteiger partial charge in [0.2, 0.25) is 0 Å². The highest BCUT2D eigenvalue weighted by atomic mass is 16.5. The molecule has 0 amide bonds. The topological polar surface area (TPSA) is 55.0 Å². The maximum absolute atomic E-state index is 11.8. The first-order chi connectivity index (χ1) is 9.76. The van der Waals surface area contributed by atoms with Crippen LogP contribution in [0.5, 0.6) is 0 Å². The molecule has 0 aliphatic heterocycles. The predicted molar refractivity (Wildman–Crippen MR) is 77.5 cm³/mol. The third-order valence-electron chi connectivity index (χ3n) is 2.89. The number of esters is 1. The molecule has 1 heterocycles. The van der Waals surface area contributed by atoms with Gasteiger partial charge < -0.3 is 9.72 Å². The number of rotatable bonds is 6. The Morgan fingerprint density at radius 2 is 2.30 bits per heavy atom. The van der Waals surface area contributed by atoms with Crippen LogP contribution in [-0.4, -0.2) is 22.5 Å². The maximum Gasteiger partial charge on any atom is 0.338 e. The van der Waals surface area contributed by atoms with E-state index in [0.717, 1.165) is 11.3 Å². The van der Waals surface area contributed by atoms with E-state index in [2.05, 4.69) is 23.1 Å². The summed E-state index contributed by atoms with van der Waals surface area (Å²) in [5.41, 5.74) is 2.31. The number of carbonyl (C=O) groups excluding carboxylic acids is 1. The highest BCUT2D eigenvalue weighted by Crippen LogP contribution is 2.24. The molecule has 0 aliphatic carbocycles. The number of nitrogens with one attached hydrogen (secondary N) is 1. The van der Waals surface area contributed by atoms with Crippen molar-refractivity contribution >= 4 is 5.97 Å². The van der Waals surface area contributed by atoms with E-state index in [-0.39, 0.29) is 18.5 Å². The lowest BCUT2D eigenvalue weighted by atomic mass is 9.95. The fourth-order valence-electron chi connectivity index (χ4n) is 1.95. The summed E-state index contributed by atoms with van der Waals surface area (Å²) in [4.78, 5) is 19.0. The molecule has 2 aromatic rings. The van der Waals surface area contributed by atoms with Crippen molar-refractivity contribution in [2.75, 3.05) is 6.61 Å². The van der Waals surface area contributed by atoms with Crippen molar-refractivity contribution in [3.8, 4) is 0 Å². The minimum absolute atomic E-state index is 0.0617. The minimum Gasteiger partial charge on any atom is -0.458 e. The highest BCUT2D eigenvalue weighted by molar-refractivity contribution is 5.89. The molecule has 1 aromatic heterocycles. The van der Waals surface area contributed by atoms with E-state index in [1.807, 2.05) is 18.3 Å². The molecule has 0 spiro atoms. The Morgan fingerprint density at radius 1 is 1.45 bits per heavy atom. The number of allylic oxidation sites excluding steroid dienone is 1. The summed E-state index contributed by atoms with van der Waals surface area (Å²) in [6.45, 7) is 7.55. The van der Waals surface area contributed by atoms with E-state index >= 15 is 0 Å². The lowest BCUT2D eigenvalue weighted by Crippen LogP contribution is -2.06. The number of carbonyl (C=O) groups is 1. The Hall–Kier alpha value is -2.62. The standard InChI is InChI=1S/C16H16N2O2/c1-3-8-20-16(19)13-7-5-6-12(9-13)14(4-2)15-10-17-11-18-15/h3-7,9-11,14H,1-2,8H2,(H,17,18). The number of aromatic amines is 1. The summed E-state index contributed by atoms with van der Waals surface area (Å²) in [5.74, 6) is -0.426. The van der Waals surface area contributed by atoms with Gasteiger partial charge in [0.05, 0.1) is 17.6 Å². The number of ether oxygens (including phenoxy) is 1. The van der Waals surface area contributed by atoms with Crippen LogP contribution in [0.3, 0.4) is 0 Å². The van der Waals surface area contributed by atoms with Crippen molar-refractivity contribution in [3.05, 3.63) is 78.9 Å². The van der Waals surface area contributed by atoms with Crippen LogP contribution in [0.1, 0.15) is 27.5 Å². The van der Waals surface area contributed by atoms with Crippen LogP contribution in [0.2, 0.25) is 0 Å². The molecule has 0 aliphatic rings. The van der Waals surface area contributed by atoms with E-state index in [9.17, 15) is 4.79 Å². The lowest BCUT2D eigenvalue weighted by molar-refractivity contribution is 0.0549. The van der Waals surface area contributed by atoms with Crippen molar-refractivity contribution in [2.24, 2.45) is 0 Å². The summed E-state index contributed by atoms with van der Waals surface area (Å²) in [6.07, 6.45) is 6.77. The fraction of sp³-hybridized carbons (Fsp3) is 0.125. The third-order valence-corrected chi connectivity index (χ3v) is 2.89. The van der Waals surface area contributed by atoms with Crippen LogP contribution >= 0.6 is 0 Å². The molecule has 0 fully saturated rings. The van der Waals surface area contributed by atoms with Gasteiger partial charge in [-0.25, -0.2) is 9.78 Å². The molecule has 4 nitrogen and oxygen atoms in total. The van der Waals surface area contributed by atoms with E-state index in [4.69, 9.17) is 4.74 Å². The first-order valence-electron chi connectivity index (χ1n) is 6.25. The van der Waals surface area contributed by atoms with Gasteiger partial charge in [0, 0.05) is 12.1 Å². The van der Waals surface area contributed by atoms with Gasteiger partial charge >= 0.3 is 5.97 Å². The van der Waals surface area contributed by atoms with Crippen molar-refractivity contribution in [3.63, 3.8) is 0 Å². The van der Waals surface area contributed by atoms with Crippen LogP contribution in [0.4, 0.5) is 0 Å². The Kier molecular flexibility index (Phi) is 4.50. The molecule has 20 heavy (non-hydrogen) atoms. The summed E-state index contributed by atoms with van der Waals surface area (Å²) >= 11 is 0. The number of H-pyrrole nitrogens is 1. The third kappa shape index (κ3) is 3.03. The molecule has 0 radical (unpaired) electrons. The van der Waals surface area contributed by atoms with E-state index in [0.29, 0.717) is 5.56 Å². The van der Waals surface area contributed by atoms with Crippen molar-refractivity contribution in [1.82, 2.24) is 9.97 Å². The summed E-state index contributed by atoms with van der Waals surface area (Å²) < 4.78 is 5.03. The Bertz CT molecular complexity index is 603. The number of imidazole rings is 1. The molecule has 0 saturated carbocycles. The second-order valence-corrected chi connectivity index (χ2v) is 4.22. The normalized spacial score (nSPS) is 11.6. The Balaban J connectivity index is 2.26. The summed E-state index contributed by atoms with van der Waals surface area (Å²) in [6, 6.07) is 7.28. The van der Waals surface area contributed by atoms with Crippen LogP contribution in [-0.2, 0) is 4.74 Å². The second kappa shape index (κ2) is 6.52. The molecule has 0 saturated heterocycles. The number of benzene rings is 1. The van der Waals surface area contributed by atoms with Crippen LogP contribution in [0.15, 0.2) is 62.1 Å². The molecule has 0 bridgehead atoms. The molecule has 1 N–H and O–H groups in total. The number of aromatic nitrogens is 2. The van der Waals surface area contributed by atoms with Gasteiger partial charge in [0.15, 0.2) is 0 Å². The second-order valence-electron chi connectivity index (χ2n) is 4.22. The first kappa shape index (κ1) is 13.8. The van der Waals surface area contributed by atoms with Crippen LogP contribution < -0.4 is 0 Å². The molecular weight excluding hydrogens is 252 g/mol. The SMILES string of the molecule is C=CCOC(=O)c1cccc(C(C=C)c2c[nH]cn2)c1.